The summed E-state index contributed by atoms with van der Waals surface area (Å²) in [7, 11) is 1.77. The van der Waals surface area contributed by atoms with Crippen LogP contribution in [0, 0.1) is 6.92 Å². The number of carbonyl (C=O) groups excluding carboxylic acids is 1. The fraction of sp³-hybridized carbons (Fsp3) is 0.667. The first kappa shape index (κ1) is 14.2. The molecule has 0 bridgehead atoms. The highest BCUT2D eigenvalue weighted by atomic mass is 35.5. The molecule has 0 aliphatic carbocycles. The molecule has 0 saturated carbocycles. The van der Waals surface area contributed by atoms with E-state index in [9.17, 15) is 4.79 Å². The molecule has 1 heterocycles. The molecule has 17 heavy (non-hydrogen) atoms. The summed E-state index contributed by atoms with van der Waals surface area (Å²) >= 11 is 6.08. The molecule has 0 radical (unpaired) electrons. The number of halogens is 1. The van der Waals surface area contributed by atoms with Crippen LogP contribution in [0.15, 0.2) is 0 Å². The van der Waals surface area contributed by atoms with Gasteiger partial charge in [0, 0.05) is 24.6 Å². The third-order valence-corrected chi connectivity index (χ3v) is 2.93. The van der Waals surface area contributed by atoms with E-state index >= 15 is 0 Å². The van der Waals surface area contributed by atoms with Crippen molar-refractivity contribution in [2.75, 3.05) is 6.54 Å². The molecule has 96 valence electrons. The lowest BCUT2D eigenvalue weighted by atomic mass is 10.1. The van der Waals surface area contributed by atoms with Crippen molar-refractivity contribution in [1.82, 2.24) is 15.1 Å². The van der Waals surface area contributed by atoms with Crippen LogP contribution in [0.4, 0.5) is 0 Å². The number of hydrogen-bond acceptors (Lipinski definition) is 3. The number of ketones is 1. The number of carbonyl (C=O) groups is 1. The molecule has 0 aromatic carbocycles. The van der Waals surface area contributed by atoms with Gasteiger partial charge >= 0.3 is 0 Å². The number of nitrogens with zero attached hydrogens (tertiary/aromatic N) is 2. The fourth-order valence-corrected chi connectivity index (χ4v) is 1.74. The maximum Gasteiger partial charge on any atom is 0.151 e. The van der Waals surface area contributed by atoms with Gasteiger partial charge in [0.15, 0.2) is 5.78 Å². The van der Waals surface area contributed by atoms with Gasteiger partial charge in [-0.2, -0.15) is 5.10 Å². The maximum absolute atomic E-state index is 11.8. The molecule has 5 heteroatoms. The minimum atomic E-state index is -0.0521. The number of hydrogen-bond donors (Lipinski definition) is 1. The Morgan fingerprint density at radius 1 is 1.47 bits per heavy atom. The fourth-order valence-electron chi connectivity index (χ4n) is 1.50. The Kier molecular flexibility index (Phi) is 4.33. The van der Waals surface area contributed by atoms with Crippen molar-refractivity contribution < 1.29 is 4.79 Å². The molecule has 0 aliphatic heterocycles. The molecule has 0 fully saturated rings. The molecule has 1 aromatic rings. The quantitative estimate of drug-likeness (QED) is 0.896. The van der Waals surface area contributed by atoms with Crippen LogP contribution in [-0.4, -0.2) is 27.6 Å². The Morgan fingerprint density at radius 2 is 2.06 bits per heavy atom. The van der Waals surface area contributed by atoms with Crippen molar-refractivity contribution in [3.05, 3.63) is 16.4 Å². The van der Waals surface area contributed by atoms with Gasteiger partial charge in [-0.1, -0.05) is 11.6 Å². The summed E-state index contributed by atoms with van der Waals surface area (Å²) in [6.07, 6.45) is 0.335. The van der Waals surface area contributed by atoms with E-state index in [0.29, 0.717) is 18.1 Å². The summed E-state index contributed by atoms with van der Waals surface area (Å²) < 4.78 is 1.59. The predicted molar refractivity (Wildman–Crippen MR) is 69.4 cm³/mol. The summed E-state index contributed by atoms with van der Waals surface area (Å²) in [4.78, 5) is 11.8. The van der Waals surface area contributed by atoms with Crippen LogP contribution in [0.2, 0.25) is 5.15 Å². The molecule has 0 saturated heterocycles. The lowest BCUT2D eigenvalue weighted by Gasteiger charge is -2.19. The average Bonchev–Trinajstić information content (AvgIpc) is 2.41. The number of rotatable bonds is 4. The summed E-state index contributed by atoms with van der Waals surface area (Å²) in [5.41, 5.74) is 1.60. The van der Waals surface area contributed by atoms with Crippen LogP contribution < -0.4 is 5.32 Å². The Hall–Kier alpha value is -0.870. The maximum atomic E-state index is 11.8. The molecule has 1 rings (SSSR count). The van der Waals surface area contributed by atoms with Crippen LogP contribution in [0.25, 0.3) is 0 Å². The highest BCUT2D eigenvalue weighted by Crippen LogP contribution is 2.19. The Labute approximate surface area is 107 Å². The number of Topliss-reactive ketones (excluding diaryl/α,β-unsaturated/α-hetero) is 1. The minimum absolute atomic E-state index is 0.0521. The van der Waals surface area contributed by atoms with E-state index in [2.05, 4.69) is 10.4 Å². The summed E-state index contributed by atoms with van der Waals surface area (Å²) in [5.74, 6) is 0.123. The molecule has 0 aliphatic rings. The first-order valence-electron chi connectivity index (χ1n) is 5.65. The second kappa shape index (κ2) is 5.19. The van der Waals surface area contributed by atoms with Gasteiger partial charge in [-0.15, -0.1) is 0 Å². The lowest BCUT2D eigenvalue weighted by molar-refractivity contribution is -0.117. The topological polar surface area (TPSA) is 46.9 Å². The molecular weight excluding hydrogens is 238 g/mol. The van der Waals surface area contributed by atoms with Crippen LogP contribution in [-0.2, 0) is 18.3 Å². The molecule has 4 nitrogen and oxygen atoms in total. The van der Waals surface area contributed by atoms with E-state index in [-0.39, 0.29) is 11.3 Å². The van der Waals surface area contributed by atoms with E-state index < -0.39 is 0 Å². The molecule has 1 N–H and O–H groups in total. The lowest BCUT2D eigenvalue weighted by Crippen LogP contribution is -2.39. The molecule has 0 atom stereocenters. The van der Waals surface area contributed by atoms with Crippen molar-refractivity contribution in [3.8, 4) is 0 Å². The monoisotopic (exact) mass is 257 g/mol. The molecule has 1 aromatic heterocycles. The number of nitrogens with one attached hydrogen (secondary N) is 1. The smallest absolute Gasteiger partial charge is 0.151 e. The van der Waals surface area contributed by atoms with E-state index in [4.69, 9.17) is 11.6 Å². The number of aryl methyl sites for hydroxylation is 2. The van der Waals surface area contributed by atoms with Crippen LogP contribution in [0.5, 0.6) is 0 Å². The van der Waals surface area contributed by atoms with Crippen molar-refractivity contribution in [3.63, 3.8) is 0 Å². The summed E-state index contributed by atoms with van der Waals surface area (Å²) in [5, 5.41) is 7.90. The van der Waals surface area contributed by atoms with Gasteiger partial charge in [0.1, 0.15) is 5.15 Å². The van der Waals surface area contributed by atoms with Crippen LogP contribution >= 0.6 is 11.6 Å². The largest absolute Gasteiger partial charge is 0.305 e. The normalized spacial score (nSPS) is 11.9. The zero-order valence-corrected chi connectivity index (χ0v) is 11.9. The Morgan fingerprint density at radius 3 is 2.47 bits per heavy atom. The van der Waals surface area contributed by atoms with Gasteiger partial charge < -0.3 is 5.32 Å². The SMILES string of the molecule is Cc1nn(C)c(Cl)c1CC(=O)CNC(C)(C)C. The molecule has 0 spiro atoms. The van der Waals surface area contributed by atoms with Gasteiger partial charge in [-0.05, 0) is 27.7 Å². The van der Waals surface area contributed by atoms with E-state index in [0.717, 1.165) is 11.3 Å². The van der Waals surface area contributed by atoms with Crippen molar-refractivity contribution in [2.24, 2.45) is 7.05 Å². The molecule has 0 amide bonds. The summed E-state index contributed by atoms with van der Waals surface area (Å²) in [6, 6.07) is 0. The van der Waals surface area contributed by atoms with Crippen molar-refractivity contribution in [1.29, 1.82) is 0 Å². The van der Waals surface area contributed by atoms with Gasteiger partial charge in [0.05, 0.1) is 12.2 Å². The van der Waals surface area contributed by atoms with E-state index in [1.807, 2.05) is 27.7 Å². The Bertz CT molecular complexity index is 418. The van der Waals surface area contributed by atoms with E-state index in [1.165, 1.54) is 0 Å². The second-order valence-corrected chi connectivity index (χ2v) is 5.66. The Balaban J connectivity index is 2.63. The van der Waals surface area contributed by atoms with E-state index in [1.54, 1.807) is 11.7 Å². The highest BCUT2D eigenvalue weighted by Gasteiger charge is 2.16. The van der Waals surface area contributed by atoms with Crippen molar-refractivity contribution >= 4 is 17.4 Å². The third kappa shape index (κ3) is 4.13. The van der Waals surface area contributed by atoms with Crippen LogP contribution in [0.3, 0.4) is 0 Å². The zero-order valence-electron chi connectivity index (χ0n) is 11.1. The first-order valence-corrected chi connectivity index (χ1v) is 6.03. The van der Waals surface area contributed by atoms with Gasteiger partial charge in [0.25, 0.3) is 0 Å². The van der Waals surface area contributed by atoms with Crippen LogP contribution in [0.1, 0.15) is 32.0 Å². The van der Waals surface area contributed by atoms with Crippen molar-refractivity contribution in [2.45, 2.75) is 39.7 Å². The highest BCUT2D eigenvalue weighted by molar-refractivity contribution is 6.30. The summed E-state index contributed by atoms with van der Waals surface area (Å²) in [6.45, 7) is 8.31. The average molecular weight is 258 g/mol. The molecule has 0 unspecified atom stereocenters. The predicted octanol–water partition coefficient (Wildman–Crippen LogP) is 1.88. The first-order chi connectivity index (χ1) is 7.70. The van der Waals surface area contributed by atoms with Gasteiger partial charge in [-0.25, -0.2) is 0 Å². The van der Waals surface area contributed by atoms with Gasteiger partial charge in [0.2, 0.25) is 0 Å². The number of aromatic nitrogens is 2. The standard InChI is InChI=1S/C12H20ClN3O/c1-8-10(11(13)16(5)15-8)6-9(17)7-14-12(2,3)4/h14H,6-7H2,1-5H3. The zero-order chi connectivity index (χ0) is 13.2. The van der Waals surface area contributed by atoms with Gasteiger partial charge in [-0.3, -0.25) is 9.48 Å². The second-order valence-electron chi connectivity index (χ2n) is 5.30. The molecular formula is C12H20ClN3O. The third-order valence-electron chi connectivity index (χ3n) is 2.46. The minimum Gasteiger partial charge on any atom is -0.305 e.